The minimum absolute atomic E-state index is 0.382. The third-order valence-electron chi connectivity index (χ3n) is 10.6. The SMILES string of the molecule is CC(C)c1cc(C(C)C)c([As+]2(c3c(C(C)C)cc(C(C)C)cc3C(C)C)OC(C)(C)c3cc(C(C)C)cc(C(C)C)c32)c(C(C)C)c1. The predicted octanol–water partition coefficient (Wildman–Crippen LogP) is 11.9. The van der Waals surface area contributed by atoms with Crippen molar-refractivity contribution in [2.24, 2.45) is 0 Å². The van der Waals surface area contributed by atoms with Crippen molar-refractivity contribution in [3.05, 3.63) is 86.5 Å². The summed E-state index contributed by atoms with van der Waals surface area (Å²) in [5.74, 6) is 3.31. The van der Waals surface area contributed by atoms with Crippen molar-refractivity contribution >= 4 is 26.9 Å². The van der Waals surface area contributed by atoms with E-state index in [2.05, 4.69) is 161 Å². The zero-order valence-electron chi connectivity index (χ0n) is 33.4. The van der Waals surface area contributed by atoms with Crippen molar-refractivity contribution in [1.29, 1.82) is 0 Å². The number of rotatable bonds is 10. The van der Waals surface area contributed by atoms with Crippen molar-refractivity contribution in [3.8, 4) is 0 Å². The molecule has 0 N–H and O–H groups in total. The molecule has 0 saturated carbocycles. The summed E-state index contributed by atoms with van der Waals surface area (Å²) in [6.45, 7) is 43.0. The van der Waals surface area contributed by atoms with Gasteiger partial charge in [-0.3, -0.25) is 0 Å². The second kappa shape index (κ2) is 13.8. The molecule has 0 bridgehead atoms. The molecular formula is C45H68AsO+. The summed E-state index contributed by atoms with van der Waals surface area (Å²) in [6.07, 6.45) is 0. The topological polar surface area (TPSA) is 9.23 Å². The van der Waals surface area contributed by atoms with Crippen LogP contribution in [0.25, 0.3) is 0 Å². The first-order valence-corrected chi connectivity index (χ1v) is 22.4. The van der Waals surface area contributed by atoms with E-state index in [1.54, 1.807) is 13.1 Å². The molecule has 1 aliphatic heterocycles. The summed E-state index contributed by atoms with van der Waals surface area (Å²) in [4.78, 5) is 0. The quantitative estimate of drug-likeness (QED) is 0.191. The summed E-state index contributed by atoms with van der Waals surface area (Å²) in [6, 6.07) is 15.5. The first kappa shape index (κ1) is 38.0. The van der Waals surface area contributed by atoms with Crippen LogP contribution in [-0.2, 0) is 9.33 Å². The van der Waals surface area contributed by atoms with Crippen LogP contribution in [0.1, 0.15) is 222 Å². The van der Waals surface area contributed by atoms with E-state index in [-0.39, 0.29) is 0 Å². The minimum atomic E-state index is -3.72. The molecule has 1 heterocycles. The summed E-state index contributed by atoms with van der Waals surface area (Å²) >= 11 is -3.72. The van der Waals surface area contributed by atoms with Crippen LogP contribution < -0.4 is 13.1 Å². The molecule has 0 aliphatic carbocycles. The maximum absolute atomic E-state index is 8.24. The Bertz CT molecular complexity index is 1460. The fraction of sp³-hybridized carbons (Fsp3) is 0.600. The molecule has 1 aliphatic rings. The van der Waals surface area contributed by atoms with E-state index in [1.165, 1.54) is 50.1 Å². The Labute approximate surface area is 293 Å². The molecule has 0 radical (unpaired) electrons. The van der Waals surface area contributed by atoms with Crippen molar-refractivity contribution < 1.29 is 3.73 Å². The zero-order valence-corrected chi connectivity index (χ0v) is 35.3. The van der Waals surface area contributed by atoms with Gasteiger partial charge in [0.25, 0.3) is 0 Å². The molecule has 4 rings (SSSR count). The van der Waals surface area contributed by atoms with Gasteiger partial charge in [-0.25, -0.2) is 0 Å². The van der Waals surface area contributed by atoms with Gasteiger partial charge in [-0.1, -0.05) is 0 Å². The molecule has 0 saturated heterocycles. The number of benzene rings is 3. The van der Waals surface area contributed by atoms with E-state index < -0.39 is 19.5 Å². The summed E-state index contributed by atoms with van der Waals surface area (Å²) in [5.41, 5.74) is 12.9. The van der Waals surface area contributed by atoms with Gasteiger partial charge in [-0.15, -0.1) is 0 Å². The van der Waals surface area contributed by atoms with E-state index in [9.17, 15) is 0 Å². The average molecular weight is 700 g/mol. The molecule has 47 heavy (non-hydrogen) atoms. The van der Waals surface area contributed by atoms with Gasteiger partial charge in [0.2, 0.25) is 0 Å². The van der Waals surface area contributed by atoms with Gasteiger partial charge in [-0.05, 0) is 0 Å². The van der Waals surface area contributed by atoms with Crippen LogP contribution in [0, 0.1) is 0 Å². The monoisotopic (exact) mass is 699 g/mol. The van der Waals surface area contributed by atoms with Crippen LogP contribution in [0.2, 0.25) is 0 Å². The van der Waals surface area contributed by atoms with Gasteiger partial charge < -0.3 is 0 Å². The van der Waals surface area contributed by atoms with Gasteiger partial charge in [-0.2, -0.15) is 0 Å². The molecular weight excluding hydrogens is 631 g/mol. The summed E-state index contributed by atoms with van der Waals surface area (Å²) < 4.78 is 13.0. The summed E-state index contributed by atoms with van der Waals surface area (Å²) in [5, 5.41) is 0. The van der Waals surface area contributed by atoms with E-state index in [0.717, 1.165) is 0 Å². The Morgan fingerprint density at radius 2 is 0.638 bits per heavy atom. The molecule has 0 aromatic heterocycles. The Hall–Kier alpha value is -1.82. The van der Waals surface area contributed by atoms with Gasteiger partial charge in [0.15, 0.2) is 0 Å². The second-order valence-electron chi connectivity index (χ2n) is 17.6. The molecule has 0 fully saturated rings. The number of fused-ring (bicyclic) bond motifs is 1. The van der Waals surface area contributed by atoms with E-state index in [4.69, 9.17) is 3.73 Å². The molecule has 3 aromatic carbocycles. The van der Waals surface area contributed by atoms with Crippen LogP contribution in [0.3, 0.4) is 0 Å². The Morgan fingerprint density at radius 3 is 0.894 bits per heavy atom. The first-order valence-electron chi connectivity index (χ1n) is 18.8. The van der Waals surface area contributed by atoms with Crippen molar-refractivity contribution in [1.82, 2.24) is 0 Å². The normalized spacial score (nSPS) is 16.0. The predicted molar refractivity (Wildman–Crippen MR) is 211 cm³/mol. The van der Waals surface area contributed by atoms with Crippen molar-refractivity contribution in [2.45, 2.75) is 178 Å². The van der Waals surface area contributed by atoms with Crippen molar-refractivity contribution in [2.75, 3.05) is 0 Å². The standard InChI is InChI=1S/C45H68AsO/c1-25(2)33-19-36(28(7)8)42(37(20-33)29(9)10)46(43-38(30(11)12)21-34(26(3)4)22-39(43)31(13)14)44-40(32(15)16)23-35(27(5)6)24-41(44)45(17,18)47-46/h19-32H,1-18H3/q+1. The molecule has 0 spiro atoms. The molecule has 0 amide bonds. The van der Waals surface area contributed by atoms with Crippen LogP contribution >= 0.6 is 0 Å². The third kappa shape index (κ3) is 6.72. The number of hydrogen-bond acceptors (Lipinski definition) is 1. The fourth-order valence-electron chi connectivity index (χ4n) is 7.69. The van der Waals surface area contributed by atoms with Crippen LogP contribution in [-0.4, -0.2) is 13.9 Å². The van der Waals surface area contributed by atoms with Crippen LogP contribution in [0.5, 0.6) is 0 Å². The Kier molecular flexibility index (Phi) is 11.2. The fourth-order valence-corrected chi connectivity index (χ4v) is 19.9. The van der Waals surface area contributed by atoms with Gasteiger partial charge in [0.05, 0.1) is 0 Å². The number of hydrogen-bond donors (Lipinski definition) is 0. The second-order valence-corrected chi connectivity index (χ2v) is 23.3. The van der Waals surface area contributed by atoms with Gasteiger partial charge in [0.1, 0.15) is 0 Å². The molecule has 0 unspecified atom stereocenters. The summed E-state index contributed by atoms with van der Waals surface area (Å²) in [7, 11) is 0. The van der Waals surface area contributed by atoms with E-state index >= 15 is 0 Å². The van der Waals surface area contributed by atoms with Crippen LogP contribution in [0.4, 0.5) is 0 Å². The first-order chi connectivity index (χ1) is 21.7. The van der Waals surface area contributed by atoms with Gasteiger partial charge in [0, 0.05) is 0 Å². The molecule has 0 atom stereocenters. The van der Waals surface area contributed by atoms with Crippen molar-refractivity contribution in [3.63, 3.8) is 0 Å². The zero-order chi connectivity index (χ0) is 35.5. The molecule has 1 nitrogen and oxygen atoms in total. The molecule has 258 valence electrons. The van der Waals surface area contributed by atoms with E-state index in [0.29, 0.717) is 47.3 Å². The van der Waals surface area contributed by atoms with E-state index in [1.807, 2.05) is 0 Å². The Morgan fingerprint density at radius 1 is 0.383 bits per heavy atom. The Balaban J connectivity index is 2.48. The van der Waals surface area contributed by atoms with Crippen LogP contribution in [0.15, 0.2) is 36.4 Å². The third-order valence-corrected chi connectivity index (χ3v) is 19.3. The average Bonchev–Trinajstić information content (AvgIpc) is 3.21. The van der Waals surface area contributed by atoms with Gasteiger partial charge >= 0.3 is 295 Å². The molecule has 2 heteroatoms. The molecule has 3 aromatic rings. The maximum atomic E-state index is 8.24.